The molecule has 2 aromatic heterocycles. The predicted octanol–water partition coefficient (Wildman–Crippen LogP) is 1.98. The van der Waals surface area contributed by atoms with Crippen LogP contribution >= 0.6 is 12.4 Å². The Bertz CT molecular complexity index is 756. The van der Waals surface area contributed by atoms with Crippen molar-refractivity contribution in [2.24, 2.45) is 11.1 Å². The lowest BCUT2D eigenvalue weighted by atomic mass is 9.80. The summed E-state index contributed by atoms with van der Waals surface area (Å²) in [4.78, 5) is 19.3. The molecule has 1 fully saturated rings. The number of nitrogens with two attached hydrogens (primary N) is 1. The molecule has 0 amide bonds. The highest BCUT2D eigenvalue weighted by Crippen LogP contribution is 2.28. The van der Waals surface area contributed by atoms with Crippen LogP contribution in [0, 0.1) is 12.3 Å². The standard InChI is InChI=1S/C17H24N4O.ClH/c1-12-5-4-7-21-15(22)9-13(19-16(12)21)10-20-8-6-14(18)17(2,3)11-20;/h4-5,7,9,14H,6,8,10-11,18H2,1-3H3;1H. The van der Waals surface area contributed by atoms with Gasteiger partial charge in [0, 0.05) is 37.9 Å². The molecular weight excluding hydrogens is 312 g/mol. The Labute approximate surface area is 142 Å². The summed E-state index contributed by atoms with van der Waals surface area (Å²) in [5, 5.41) is 0. The lowest BCUT2D eigenvalue weighted by Crippen LogP contribution is -2.52. The van der Waals surface area contributed by atoms with Crippen molar-refractivity contribution in [3.05, 3.63) is 46.0 Å². The summed E-state index contributed by atoms with van der Waals surface area (Å²) in [6, 6.07) is 5.74. The van der Waals surface area contributed by atoms with E-state index in [2.05, 4.69) is 23.7 Å². The van der Waals surface area contributed by atoms with Crippen LogP contribution in [-0.4, -0.2) is 33.4 Å². The molecule has 0 spiro atoms. The molecule has 0 aliphatic carbocycles. The molecule has 6 heteroatoms. The van der Waals surface area contributed by atoms with Crippen molar-refractivity contribution in [1.29, 1.82) is 0 Å². The molecule has 0 bridgehead atoms. The van der Waals surface area contributed by atoms with Crippen LogP contribution in [0.3, 0.4) is 0 Å². The minimum Gasteiger partial charge on any atom is -0.327 e. The number of hydrogen-bond donors (Lipinski definition) is 1. The van der Waals surface area contributed by atoms with Gasteiger partial charge in [-0.1, -0.05) is 19.9 Å². The highest BCUT2D eigenvalue weighted by atomic mass is 35.5. The zero-order chi connectivity index (χ0) is 15.9. The summed E-state index contributed by atoms with van der Waals surface area (Å²) >= 11 is 0. The zero-order valence-corrected chi connectivity index (χ0v) is 14.8. The van der Waals surface area contributed by atoms with E-state index in [1.165, 1.54) is 0 Å². The molecule has 1 saturated heterocycles. The minimum absolute atomic E-state index is 0. The molecule has 3 rings (SSSR count). The number of aryl methyl sites for hydroxylation is 1. The molecule has 0 radical (unpaired) electrons. The van der Waals surface area contributed by atoms with Gasteiger partial charge in [-0.25, -0.2) is 4.98 Å². The summed E-state index contributed by atoms with van der Waals surface area (Å²) in [6.45, 7) is 8.99. The minimum atomic E-state index is -0.0170. The fraction of sp³-hybridized carbons (Fsp3) is 0.529. The molecule has 5 nitrogen and oxygen atoms in total. The molecule has 1 aliphatic heterocycles. The van der Waals surface area contributed by atoms with Gasteiger partial charge in [0.15, 0.2) is 0 Å². The Morgan fingerprint density at radius 2 is 2.17 bits per heavy atom. The molecule has 3 heterocycles. The van der Waals surface area contributed by atoms with Crippen LogP contribution in [0.2, 0.25) is 0 Å². The molecule has 1 aliphatic rings. The lowest BCUT2D eigenvalue weighted by molar-refractivity contribution is 0.0889. The van der Waals surface area contributed by atoms with Crippen molar-refractivity contribution >= 4 is 18.1 Å². The lowest BCUT2D eigenvalue weighted by Gasteiger charge is -2.42. The van der Waals surface area contributed by atoms with Crippen LogP contribution in [-0.2, 0) is 6.54 Å². The van der Waals surface area contributed by atoms with Gasteiger partial charge in [-0.3, -0.25) is 14.1 Å². The third-order valence-corrected chi connectivity index (χ3v) is 4.72. The quantitative estimate of drug-likeness (QED) is 0.911. The first-order valence-electron chi connectivity index (χ1n) is 7.83. The van der Waals surface area contributed by atoms with Gasteiger partial charge in [0.2, 0.25) is 0 Å². The number of fused-ring (bicyclic) bond motifs is 1. The van der Waals surface area contributed by atoms with Gasteiger partial charge in [-0.05, 0) is 30.4 Å². The molecular formula is C17H25ClN4O. The van der Waals surface area contributed by atoms with Crippen LogP contribution in [0.4, 0.5) is 0 Å². The Hall–Kier alpha value is -1.43. The maximum Gasteiger partial charge on any atom is 0.258 e. The van der Waals surface area contributed by atoms with Crippen molar-refractivity contribution in [2.75, 3.05) is 13.1 Å². The van der Waals surface area contributed by atoms with Gasteiger partial charge >= 0.3 is 0 Å². The molecule has 1 atom stereocenters. The van der Waals surface area contributed by atoms with E-state index in [-0.39, 0.29) is 29.4 Å². The fourth-order valence-electron chi connectivity index (χ4n) is 3.24. The van der Waals surface area contributed by atoms with Gasteiger partial charge < -0.3 is 5.73 Å². The van der Waals surface area contributed by atoms with Crippen LogP contribution < -0.4 is 11.3 Å². The van der Waals surface area contributed by atoms with Crippen LogP contribution in [0.5, 0.6) is 0 Å². The first-order valence-corrected chi connectivity index (χ1v) is 7.83. The molecule has 2 aromatic rings. The monoisotopic (exact) mass is 336 g/mol. The number of rotatable bonds is 2. The summed E-state index contributed by atoms with van der Waals surface area (Å²) < 4.78 is 1.61. The van der Waals surface area contributed by atoms with Crippen molar-refractivity contribution in [2.45, 2.75) is 39.8 Å². The Kier molecular flexibility index (Phi) is 5.14. The molecule has 1 unspecified atom stereocenters. The number of pyridine rings is 1. The number of likely N-dealkylation sites (tertiary alicyclic amines) is 1. The largest absolute Gasteiger partial charge is 0.327 e. The van der Waals surface area contributed by atoms with E-state index >= 15 is 0 Å². The fourth-order valence-corrected chi connectivity index (χ4v) is 3.24. The maximum absolute atomic E-state index is 12.3. The number of hydrogen-bond acceptors (Lipinski definition) is 4. The number of nitrogens with zero attached hydrogens (tertiary/aromatic N) is 3. The average Bonchev–Trinajstić information content (AvgIpc) is 2.44. The van der Waals surface area contributed by atoms with Crippen LogP contribution in [0.25, 0.3) is 5.65 Å². The third-order valence-electron chi connectivity index (χ3n) is 4.72. The summed E-state index contributed by atoms with van der Waals surface area (Å²) in [7, 11) is 0. The molecule has 23 heavy (non-hydrogen) atoms. The average molecular weight is 337 g/mol. The number of piperidine rings is 1. The van der Waals surface area contributed by atoms with Crippen molar-refractivity contribution in [3.8, 4) is 0 Å². The Morgan fingerprint density at radius 1 is 1.43 bits per heavy atom. The van der Waals surface area contributed by atoms with E-state index in [0.717, 1.165) is 36.4 Å². The molecule has 2 N–H and O–H groups in total. The summed E-state index contributed by atoms with van der Waals surface area (Å²) in [5.74, 6) is 0. The highest BCUT2D eigenvalue weighted by molar-refractivity contribution is 5.85. The third kappa shape index (κ3) is 3.57. The Balaban J connectivity index is 0.00000192. The molecule has 0 saturated carbocycles. The van der Waals surface area contributed by atoms with Gasteiger partial charge in [-0.2, -0.15) is 0 Å². The van der Waals surface area contributed by atoms with E-state index in [1.54, 1.807) is 16.7 Å². The van der Waals surface area contributed by atoms with Crippen LogP contribution in [0.15, 0.2) is 29.2 Å². The highest BCUT2D eigenvalue weighted by Gasteiger charge is 2.33. The SMILES string of the molecule is Cc1cccn2c(=O)cc(CN3CCC(N)C(C)(C)C3)nc12.Cl. The van der Waals surface area contributed by atoms with Crippen molar-refractivity contribution in [3.63, 3.8) is 0 Å². The van der Waals surface area contributed by atoms with E-state index in [1.807, 2.05) is 19.1 Å². The van der Waals surface area contributed by atoms with E-state index in [0.29, 0.717) is 6.54 Å². The second-order valence-electron chi connectivity index (χ2n) is 7.06. The van der Waals surface area contributed by atoms with Gasteiger partial charge in [0.05, 0.1) is 5.69 Å². The Morgan fingerprint density at radius 3 is 2.87 bits per heavy atom. The second-order valence-corrected chi connectivity index (χ2v) is 7.06. The first-order chi connectivity index (χ1) is 10.4. The predicted molar refractivity (Wildman–Crippen MR) is 95.1 cm³/mol. The first kappa shape index (κ1) is 17.9. The van der Waals surface area contributed by atoms with Crippen molar-refractivity contribution in [1.82, 2.24) is 14.3 Å². The smallest absolute Gasteiger partial charge is 0.258 e. The number of halogens is 1. The van der Waals surface area contributed by atoms with Crippen molar-refractivity contribution < 1.29 is 0 Å². The number of aromatic nitrogens is 2. The van der Waals surface area contributed by atoms with E-state index in [4.69, 9.17) is 5.73 Å². The molecule has 0 aromatic carbocycles. The van der Waals surface area contributed by atoms with Gasteiger partial charge in [0.25, 0.3) is 5.56 Å². The van der Waals surface area contributed by atoms with E-state index < -0.39 is 0 Å². The zero-order valence-electron chi connectivity index (χ0n) is 14.0. The summed E-state index contributed by atoms with van der Waals surface area (Å²) in [6.07, 6.45) is 2.75. The van der Waals surface area contributed by atoms with E-state index in [9.17, 15) is 4.79 Å². The van der Waals surface area contributed by atoms with Gasteiger partial charge in [-0.15, -0.1) is 12.4 Å². The van der Waals surface area contributed by atoms with Crippen LogP contribution in [0.1, 0.15) is 31.5 Å². The second kappa shape index (κ2) is 6.59. The summed E-state index contributed by atoms with van der Waals surface area (Å²) in [5.41, 5.74) is 8.87. The van der Waals surface area contributed by atoms with Gasteiger partial charge in [0.1, 0.15) is 5.65 Å². The topological polar surface area (TPSA) is 63.6 Å². The maximum atomic E-state index is 12.3. The normalized spacial score (nSPS) is 21.1. The molecule has 126 valence electrons.